The second kappa shape index (κ2) is 5.82. The largest absolute Gasteiger partial charge is 0.480 e. The van der Waals surface area contributed by atoms with E-state index < -0.39 is 23.2 Å². The normalized spacial score (nSPS) is 14.9. The molecule has 0 saturated carbocycles. The van der Waals surface area contributed by atoms with Crippen molar-refractivity contribution in [3.63, 3.8) is 0 Å². The van der Waals surface area contributed by atoms with Gasteiger partial charge in [-0.1, -0.05) is 6.92 Å². The summed E-state index contributed by atoms with van der Waals surface area (Å²) in [4.78, 5) is 20.8. The zero-order chi connectivity index (χ0) is 10.4. The van der Waals surface area contributed by atoms with Gasteiger partial charge in [-0.15, -0.1) is 11.8 Å². The van der Waals surface area contributed by atoms with Crippen molar-refractivity contribution in [3.05, 3.63) is 0 Å². The van der Waals surface area contributed by atoms with E-state index in [2.05, 4.69) is 0 Å². The molecule has 0 spiro atoms. The van der Waals surface area contributed by atoms with Gasteiger partial charge in [-0.25, -0.2) is 0 Å². The van der Waals surface area contributed by atoms with Crippen molar-refractivity contribution in [2.75, 3.05) is 5.75 Å². The molecule has 76 valence electrons. The summed E-state index contributed by atoms with van der Waals surface area (Å²) in [6.45, 7) is 1.73. The Morgan fingerprint density at radius 3 is 2.23 bits per heavy atom. The number of hydrogen-bond acceptors (Lipinski definition) is 4. The molecule has 0 amide bonds. The first-order chi connectivity index (χ1) is 5.99. The number of rotatable bonds is 6. The van der Waals surface area contributed by atoms with Gasteiger partial charge in [0.05, 0.1) is 0 Å². The molecule has 4 N–H and O–H groups in total. The van der Waals surface area contributed by atoms with Gasteiger partial charge in [-0.2, -0.15) is 0 Å². The molecule has 0 bridgehead atoms. The zero-order valence-electron chi connectivity index (χ0n) is 7.27. The Bertz CT molecular complexity index is 197. The predicted molar refractivity (Wildman–Crippen MR) is 49.8 cm³/mol. The average Bonchev–Trinajstić information content (AvgIpc) is 2.04. The summed E-state index contributed by atoms with van der Waals surface area (Å²) in [7, 11) is 0. The van der Waals surface area contributed by atoms with Gasteiger partial charge in [-0.05, 0) is 6.42 Å². The fourth-order valence-electron chi connectivity index (χ4n) is 0.655. The van der Waals surface area contributed by atoms with Crippen LogP contribution in [-0.4, -0.2) is 39.2 Å². The molecule has 0 aromatic rings. The minimum atomic E-state index is -1.10. The van der Waals surface area contributed by atoms with Crippen LogP contribution in [0.15, 0.2) is 0 Å². The van der Waals surface area contributed by atoms with Crippen molar-refractivity contribution in [1.29, 1.82) is 0 Å². The average molecular weight is 207 g/mol. The molecule has 0 aliphatic heterocycles. The van der Waals surface area contributed by atoms with Crippen LogP contribution in [0, 0.1) is 0 Å². The van der Waals surface area contributed by atoms with Crippen LogP contribution in [0.5, 0.6) is 0 Å². The third-order valence-electron chi connectivity index (χ3n) is 1.44. The van der Waals surface area contributed by atoms with Crippen molar-refractivity contribution < 1.29 is 19.8 Å². The minimum Gasteiger partial charge on any atom is -0.480 e. The predicted octanol–water partition coefficient (Wildman–Crippen LogP) is -0.00530. The molecule has 0 rings (SSSR count). The fraction of sp³-hybridized carbons (Fsp3) is 0.714. The standard InChI is InChI=1S/C7H13NO4S/c1-2-5(7(11)12)13-3-4(8)6(9)10/h4-5H,2-3,8H2,1H3,(H,9,10)(H,11,12). The first kappa shape index (κ1) is 12.2. The number of hydrogen-bond donors (Lipinski definition) is 3. The third kappa shape index (κ3) is 4.74. The number of carboxylic acid groups (broad SMARTS) is 2. The SMILES string of the molecule is CCC(SCC(N)C(=O)O)C(=O)O. The van der Waals surface area contributed by atoms with Crippen LogP contribution in [0.25, 0.3) is 0 Å². The van der Waals surface area contributed by atoms with Gasteiger partial charge in [0.1, 0.15) is 11.3 Å². The lowest BCUT2D eigenvalue weighted by atomic mass is 10.3. The summed E-state index contributed by atoms with van der Waals surface area (Å²) >= 11 is 1.06. The topological polar surface area (TPSA) is 101 Å². The van der Waals surface area contributed by atoms with E-state index in [0.29, 0.717) is 6.42 Å². The Balaban J connectivity index is 3.85. The molecule has 0 aromatic carbocycles. The second-order valence-electron chi connectivity index (χ2n) is 2.51. The molecule has 0 fully saturated rings. The maximum Gasteiger partial charge on any atom is 0.321 e. The van der Waals surface area contributed by atoms with E-state index in [1.807, 2.05) is 0 Å². The second-order valence-corrected chi connectivity index (χ2v) is 3.75. The number of carbonyl (C=O) groups is 2. The zero-order valence-corrected chi connectivity index (χ0v) is 8.08. The van der Waals surface area contributed by atoms with Crippen molar-refractivity contribution in [2.45, 2.75) is 24.6 Å². The van der Waals surface area contributed by atoms with Crippen molar-refractivity contribution >= 4 is 23.7 Å². The van der Waals surface area contributed by atoms with E-state index in [1.54, 1.807) is 6.92 Å². The lowest BCUT2D eigenvalue weighted by Gasteiger charge is -2.10. The molecule has 0 saturated heterocycles. The van der Waals surface area contributed by atoms with E-state index >= 15 is 0 Å². The maximum atomic E-state index is 10.5. The highest BCUT2D eigenvalue weighted by Gasteiger charge is 2.19. The third-order valence-corrected chi connectivity index (χ3v) is 2.93. The maximum absolute atomic E-state index is 10.5. The first-order valence-electron chi connectivity index (χ1n) is 3.81. The summed E-state index contributed by atoms with van der Waals surface area (Å²) in [6.07, 6.45) is 0.465. The highest BCUT2D eigenvalue weighted by atomic mass is 32.2. The minimum absolute atomic E-state index is 0.125. The number of nitrogens with two attached hydrogens (primary N) is 1. The summed E-state index contributed by atoms with van der Waals surface area (Å²) in [6, 6.07) is -0.988. The molecule has 2 unspecified atom stereocenters. The van der Waals surface area contributed by atoms with Gasteiger partial charge < -0.3 is 15.9 Å². The first-order valence-corrected chi connectivity index (χ1v) is 4.86. The molecule has 0 radical (unpaired) electrons. The van der Waals surface area contributed by atoms with Gasteiger partial charge in [-0.3, -0.25) is 9.59 Å². The van der Waals surface area contributed by atoms with Gasteiger partial charge in [0.2, 0.25) is 0 Å². The van der Waals surface area contributed by atoms with Crippen LogP contribution in [0.1, 0.15) is 13.3 Å². The van der Waals surface area contributed by atoms with E-state index in [4.69, 9.17) is 15.9 Å². The lowest BCUT2D eigenvalue weighted by molar-refractivity contribution is -0.138. The smallest absolute Gasteiger partial charge is 0.321 e. The molecule has 0 heterocycles. The lowest BCUT2D eigenvalue weighted by Crippen LogP contribution is -2.33. The van der Waals surface area contributed by atoms with E-state index in [1.165, 1.54) is 0 Å². The molecule has 6 heteroatoms. The van der Waals surface area contributed by atoms with Crippen molar-refractivity contribution in [1.82, 2.24) is 0 Å². The Morgan fingerprint density at radius 1 is 1.38 bits per heavy atom. The number of carboxylic acids is 2. The van der Waals surface area contributed by atoms with E-state index in [9.17, 15) is 9.59 Å². The van der Waals surface area contributed by atoms with Crippen LogP contribution in [-0.2, 0) is 9.59 Å². The summed E-state index contributed by atoms with van der Waals surface area (Å²) in [5.74, 6) is -1.90. The summed E-state index contributed by atoms with van der Waals surface area (Å²) in [5, 5.41) is 16.5. The van der Waals surface area contributed by atoms with Crippen LogP contribution < -0.4 is 5.73 Å². The van der Waals surface area contributed by atoms with Gasteiger partial charge >= 0.3 is 11.9 Å². The van der Waals surface area contributed by atoms with Crippen molar-refractivity contribution in [3.8, 4) is 0 Å². The fourth-order valence-corrected chi connectivity index (χ4v) is 1.62. The highest BCUT2D eigenvalue weighted by Crippen LogP contribution is 2.15. The Kier molecular flexibility index (Phi) is 5.48. The van der Waals surface area contributed by atoms with Gasteiger partial charge in [0, 0.05) is 5.75 Å². The quantitative estimate of drug-likeness (QED) is 0.566. The Hall–Kier alpha value is -0.750. The Morgan fingerprint density at radius 2 is 1.92 bits per heavy atom. The van der Waals surface area contributed by atoms with Crippen molar-refractivity contribution in [2.24, 2.45) is 5.73 Å². The summed E-state index contributed by atoms with van der Waals surface area (Å²) < 4.78 is 0. The van der Waals surface area contributed by atoms with Crippen LogP contribution in [0.2, 0.25) is 0 Å². The van der Waals surface area contributed by atoms with Crippen LogP contribution >= 0.6 is 11.8 Å². The van der Waals surface area contributed by atoms with Crippen LogP contribution in [0.4, 0.5) is 0 Å². The number of thioether (sulfide) groups is 1. The molecular weight excluding hydrogens is 194 g/mol. The molecule has 0 aliphatic rings. The monoisotopic (exact) mass is 207 g/mol. The summed E-state index contributed by atoms with van der Waals surface area (Å²) in [5.41, 5.74) is 5.21. The molecular formula is C7H13NO4S. The molecule has 5 nitrogen and oxygen atoms in total. The molecule has 0 aromatic heterocycles. The van der Waals surface area contributed by atoms with E-state index in [0.717, 1.165) is 11.8 Å². The molecule has 2 atom stereocenters. The van der Waals surface area contributed by atoms with Gasteiger partial charge in [0.15, 0.2) is 0 Å². The highest BCUT2D eigenvalue weighted by molar-refractivity contribution is 8.00. The van der Waals surface area contributed by atoms with Gasteiger partial charge in [0.25, 0.3) is 0 Å². The molecule has 0 aliphatic carbocycles. The molecule has 13 heavy (non-hydrogen) atoms. The van der Waals surface area contributed by atoms with E-state index in [-0.39, 0.29) is 5.75 Å². The number of aliphatic carboxylic acids is 2. The van der Waals surface area contributed by atoms with Crippen LogP contribution in [0.3, 0.4) is 0 Å². The Labute approximate surface area is 80.3 Å².